The van der Waals surface area contributed by atoms with Crippen molar-refractivity contribution in [3.8, 4) is 0 Å². The molecule has 0 aromatic carbocycles. The van der Waals surface area contributed by atoms with Crippen molar-refractivity contribution in [3.63, 3.8) is 0 Å². The summed E-state index contributed by atoms with van der Waals surface area (Å²) in [6, 6.07) is 0. The summed E-state index contributed by atoms with van der Waals surface area (Å²) in [6.45, 7) is 7.51. The van der Waals surface area contributed by atoms with Gasteiger partial charge in [-0.1, -0.05) is 162 Å². The molecular formula is C44H86BNO8. The Morgan fingerprint density at radius 1 is 0.500 bits per heavy atom. The topological polar surface area (TPSA) is 137 Å². The number of aliphatic hydroxyl groups is 4. The average Bonchev–Trinajstić information content (AvgIpc) is 3.13. The quantitative estimate of drug-likeness (QED) is 0.0207. The standard InChI is InChI=1S/C44H86BNO8/c1-4-7-10-13-16-17-18-24-32-39-53-41(47)35-29-25-31-38-46(44(51,52)43(45,49)50)37-30-23-19-22-28-36-42(48)54-40(33-26-20-14-11-8-5-2)34-27-21-15-12-9-6-3/h40,49-52H,4-39H2,1-3H3. The first kappa shape index (κ1) is 52.8. The molecule has 0 rings (SSSR count). The van der Waals surface area contributed by atoms with Crippen LogP contribution in [-0.4, -0.2) is 82.5 Å². The Kier molecular flexibility index (Phi) is 35.4. The Bertz CT molecular complexity index is 837. The van der Waals surface area contributed by atoms with Crippen molar-refractivity contribution in [2.45, 2.75) is 250 Å². The van der Waals surface area contributed by atoms with Crippen LogP contribution in [0.4, 0.5) is 0 Å². The van der Waals surface area contributed by atoms with E-state index >= 15 is 0 Å². The summed E-state index contributed by atoms with van der Waals surface area (Å²) in [5.41, 5.74) is -3.21. The summed E-state index contributed by atoms with van der Waals surface area (Å²) < 4.78 is 11.3. The van der Waals surface area contributed by atoms with Gasteiger partial charge in [0.05, 0.1) is 6.61 Å². The van der Waals surface area contributed by atoms with Crippen LogP contribution in [0.5, 0.6) is 0 Å². The van der Waals surface area contributed by atoms with Crippen molar-refractivity contribution in [2.24, 2.45) is 0 Å². The number of esters is 2. The maximum atomic E-state index is 12.7. The Morgan fingerprint density at radius 2 is 0.852 bits per heavy atom. The fourth-order valence-electron chi connectivity index (χ4n) is 6.99. The summed E-state index contributed by atoms with van der Waals surface area (Å²) in [4.78, 5) is 26.0. The van der Waals surface area contributed by atoms with Gasteiger partial charge in [-0.25, -0.2) is 4.90 Å². The molecule has 0 aromatic rings. The predicted octanol–water partition coefficient (Wildman–Crippen LogP) is 10.1. The molecular weight excluding hydrogens is 681 g/mol. The van der Waals surface area contributed by atoms with Crippen molar-refractivity contribution in [3.05, 3.63) is 0 Å². The van der Waals surface area contributed by atoms with Crippen LogP contribution in [0.25, 0.3) is 0 Å². The van der Waals surface area contributed by atoms with E-state index in [0.29, 0.717) is 45.1 Å². The minimum Gasteiger partial charge on any atom is -0.466 e. The molecule has 0 aliphatic carbocycles. The monoisotopic (exact) mass is 768 g/mol. The molecule has 0 fully saturated rings. The molecule has 0 atom stereocenters. The number of nitrogens with zero attached hydrogens (tertiary/aromatic N) is 1. The highest BCUT2D eigenvalue weighted by Gasteiger charge is 2.47. The van der Waals surface area contributed by atoms with Crippen LogP contribution in [0.1, 0.15) is 233 Å². The van der Waals surface area contributed by atoms with Gasteiger partial charge in [0.2, 0.25) is 0 Å². The fraction of sp³-hybridized carbons (Fsp3) is 0.955. The van der Waals surface area contributed by atoms with Crippen molar-refractivity contribution in [1.82, 2.24) is 4.90 Å². The highest BCUT2D eigenvalue weighted by Crippen LogP contribution is 2.22. The lowest BCUT2D eigenvalue weighted by Gasteiger charge is -2.42. The number of hydrogen-bond donors (Lipinski definition) is 4. The first-order chi connectivity index (χ1) is 26.0. The highest BCUT2D eigenvalue weighted by molar-refractivity contribution is 6.13. The van der Waals surface area contributed by atoms with E-state index in [9.17, 15) is 30.0 Å². The second-order valence-electron chi connectivity index (χ2n) is 16.0. The van der Waals surface area contributed by atoms with Crippen LogP contribution < -0.4 is 0 Å². The molecule has 2 radical (unpaired) electrons. The number of ether oxygens (including phenoxy) is 2. The van der Waals surface area contributed by atoms with Gasteiger partial charge in [-0.3, -0.25) is 9.59 Å². The van der Waals surface area contributed by atoms with Gasteiger partial charge >= 0.3 is 11.9 Å². The van der Waals surface area contributed by atoms with E-state index in [2.05, 4.69) is 20.8 Å². The fourth-order valence-corrected chi connectivity index (χ4v) is 6.99. The number of carbonyl (C=O) groups excluding carboxylic acids is 2. The summed E-state index contributed by atoms with van der Waals surface area (Å²) in [5, 5.41) is 40.7. The average molecular weight is 768 g/mol. The molecule has 4 N–H and O–H groups in total. The van der Waals surface area contributed by atoms with E-state index in [1.165, 1.54) is 114 Å². The lowest BCUT2D eigenvalue weighted by atomic mass is 9.89. The summed E-state index contributed by atoms with van der Waals surface area (Å²) in [5.74, 6) is -3.34. The zero-order valence-electron chi connectivity index (χ0n) is 35.5. The summed E-state index contributed by atoms with van der Waals surface area (Å²) >= 11 is 0. The molecule has 0 unspecified atom stereocenters. The van der Waals surface area contributed by atoms with Crippen molar-refractivity contribution < 1.29 is 39.5 Å². The van der Waals surface area contributed by atoms with E-state index in [-0.39, 0.29) is 31.1 Å². The Morgan fingerprint density at radius 3 is 1.30 bits per heavy atom. The molecule has 0 bridgehead atoms. The minimum atomic E-state index is -3.21. The molecule has 0 aliphatic rings. The minimum absolute atomic E-state index is 0.0222. The van der Waals surface area contributed by atoms with Gasteiger partial charge in [-0.2, -0.15) is 0 Å². The molecule has 0 amide bonds. The van der Waals surface area contributed by atoms with Gasteiger partial charge in [0.15, 0.2) is 13.5 Å². The van der Waals surface area contributed by atoms with Gasteiger partial charge in [0, 0.05) is 25.9 Å². The predicted molar refractivity (Wildman–Crippen MR) is 222 cm³/mol. The molecule has 10 heteroatoms. The number of unbranched alkanes of at least 4 members (excludes halogenated alkanes) is 24. The molecule has 318 valence electrons. The van der Waals surface area contributed by atoms with E-state index < -0.39 is 11.6 Å². The largest absolute Gasteiger partial charge is 0.466 e. The second kappa shape index (κ2) is 36.2. The maximum absolute atomic E-state index is 12.7. The molecule has 0 heterocycles. The third-order valence-corrected chi connectivity index (χ3v) is 10.6. The Hall–Kier alpha value is -1.20. The van der Waals surface area contributed by atoms with E-state index in [1.807, 2.05) is 0 Å². The van der Waals surface area contributed by atoms with E-state index in [0.717, 1.165) is 64.2 Å². The third-order valence-electron chi connectivity index (χ3n) is 10.6. The van der Waals surface area contributed by atoms with Crippen LogP contribution in [0, 0.1) is 0 Å². The van der Waals surface area contributed by atoms with Gasteiger partial charge < -0.3 is 29.9 Å². The van der Waals surface area contributed by atoms with E-state index in [4.69, 9.17) is 17.3 Å². The Labute approximate surface area is 333 Å². The Balaban J connectivity index is 4.38. The molecule has 0 saturated heterocycles. The van der Waals surface area contributed by atoms with Crippen molar-refractivity contribution in [1.29, 1.82) is 0 Å². The number of rotatable bonds is 41. The first-order valence-electron chi connectivity index (χ1n) is 22.8. The van der Waals surface area contributed by atoms with Gasteiger partial charge in [-0.15, -0.1) is 0 Å². The van der Waals surface area contributed by atoms with Crippen LogP contribution >= 0.6 is 0 Å². The zero-order valence-corrected chi connectivity index (χ0v) is 35.5. The smallest absolute Gasteiger partial charge is 0.306 e. The highest BCUT2D eigenvalue weighted by atomic mass is 16.6. The third kappa shape index (κ3) is 31.0. The van der Waals surface area contributed by atoms with Crippen LogP contribution in [0.2, 0.25) is 0 Å². The van der Waals surface area contributed by atoms with Crippen LogP contribution in [0.3, 0.4) is 0 Å². The number of carbonyl (C=O) groups is 2. The second-order valence-corrected chi connectivity index (χ2v) is 16.0. The van der Waals surface area contributed by atoms with Gasteiger partial charge in [0.1, 0.15) is 6.10 Å². The lowest BCUT2D eigenvalue weighted by molar-refractivity contribution is -0.379. The van der Waals surface area contributed by atoms with Crippen molar-refractivity contribution in [2.75, 3.05) is 19.7 Å². The van der Waals surface area contributed by atoms with Gasteiger partial charge in [0.25, 0.3) is 5.91 Å². The molecule has 0 aliphatic heterocycles. The molecule has 54 heavy (non-hydrogen) atoms. The molecule has 0 spiro atoms. The molecule has 9 nitrogen and oxygen atoms in total. The summed E-state index contributed by atoms with van der Waals surface area (Å²) in [6.07, 6.45) is 33.9. The zero-order chi connectivity index (χ0) is 40.2. The number of hydrogen-bond acceptors (Lipinski definition) is 9. The normalized spacial score (nSPS) is 12.2. The van der Waals surface area contributed by atoms with Crippen molar-refractivity contribution >= 4 is 19.8 Å². The molecule has 0 aromatic heterocycles. The SMILES string of the molecule is [B]C(O)(O)C(O)(O)N(CCCCCCCC(=O)OC(CCCCCCCC)CCCCCCCC)CCCCCC(=O)OCCCCCCCCCCC. The van der Waals surface area contributed by atoms with Crippen LogP contribution in [0.15, 0.2) is 0 Å². The summed E-state index contributed by atoms with van der Waals surface area (Å²) in [7, 11) is 5.29. The van der Waals surface area contributed by atoms with Gasteiger partial charge in [-0.05, 0) is 57.8 Å². The maximum Gasteiger partial charge on any atom is 0.306 e. The van der Waals surface area contributed by atoms with E-state index in [1.54, 1.807) is 0 Å². The first-order valence-corrected chi connectivity index (χ1v) is 22.8. The molecule has 0 saturated carbocycles. The van der Waals surface area contributed by atoms with Crippen LogP contribution in [-0.2, 0) is 19.1 Å². The lowest BCUT2D eigenvalue weighted by Crippen LogP contribution is -2.65.